The molecule has 2 aromatic carbocycles. The monoisotopic (exact) mass is 255 g/mol. The molecule has 0 saturated carbocycles. The second kappa shape index (κ2) is 6.16. The molecule has 0 fully saturated rings. The first-order chi connectivity index (χ1) is 9.16. The van der Waals surface area contributed by atoms with Gasteiger partial charge in [-0.1, -0.05) is 60.2 Å². The molecule has 2 N–H and O–H groups in total. The maximum atomic E-state index is 11.9. The molecule has 3 nitrogen and oxygen atoms in total. The molecule has 3 heteroatoms. The first-order valence-electron chi connectivity index (χ1n) is 6.19. The minimum atomic E-state index is -0.731. The molecule has 0 spiro atoms. The predicted octanol–water partition coefficient (Wildman–Crippen LogP) is 2.74. The Morgan fingerprint density at radius 3 is 2.58 bits per heavy atom. The molecule has 0 bridgehead atoms. The zero-order valence-corrected chi connectivity index (χ0v) is 10.9. The Kier molecular flexibility index (Phi) is 4.31. The van der Waals surface area contributed by atoms with Gasteiger partial charge in [-0.15, -0.1) is 0 Å². The molecule has 0 aliphatic rings. The fraction of sp³-hybridized carbons (Fsp3) is 0.188. The van der Waals surface area contributed by atoms with Crippen LogP contribution in [0.15, 0.2) is 54.6 Å². The highest BCUT2D eigenvalue weighted by atomic mass is 16.5. The lowest BCUT2D eigenvalue weighted by atomic mass is 10.1. The number of ether oxygens (including phenoxy) is 1. The summed E-state index contributed by atoms with van der Waals surface area (Å²) in [6.45, 7) is 2.25. The van der Waals surface area contributed by atoms with Gasteiger partial charge in [0.05, 0.1) is 0 Å². The van der Waals surface area contributed by atoms with Crippen molar-refractivity contribution in [1.82, 2.24) is 0 Å². The summed E-state index contributed by atoms with van der Waals surface area (Å²) in [5, 5.41) is 0. The van der Waals surface area contributed by atoms with Crippen LogP contribution in [-0.4, -0.2) is 5.97 Å². The van der Waals surface area contributed by atoms with Gasteiger partial charge in [0.15, 0.2) is 0 Å². The molecule has 0 aliphatic carbocycles. The minimum absolute atomic E-state index is 0.251. The van der Waals surface area contributed by atoms with Crippen LogP contribution in [-0.2, 0) is 16.1 Å². The Bertz CT molecular complexity index is 552. The smallest absolute Gasteiger partial charge is 0.327 e. The summed E-state index contributed by atoms with van der Waals surface area (Å²) < 4.78 is 5.24. The average molecular weight is 255 g/mol. The maximum Gasteiger partial charge on any atom is 0.327 e. The molecule has 0 radical (unpaired) electrons. The first kappa shape index (κ1) is 13.3. The van der Waals surface area contributed by atoms with Crippen molar-refractivity contribution in [2.75, 3.05) is 0 Å². The molecule has 0 saturated heterocycles. The maximum absolute atomic E-state index is 11.9. The predicted molar refractivity (Wildman–Crippen MR) is 74.3 cm³/mol. The normalized spacial score (nSPS) is 11.9. The van der Waals surface area contributed by atoms with Gasteiger partial charge in [-0.05, 0) is 18.1 Å². The van der Waals surface area contributed by atoms with Gasteiger partial charge < -0.3 is 10.5 Å². The molecule has 19 heavy (non-hydrogen) atoms. The van der Waals surface area contributed by atoms with Crippen molar-refractivity contribution in [3.05, 3.63) is 71.3 Å². The van der Waals surface area contributed by atoms with Crippen molar-refractivity contribution in [3.63, 3.8) is 0 Å². The van der Waals surface area contributed by atoms with Gasteiger partial charge >= 0.3 is 5.97 Å². The highest BCUT2D eigenvalue weighted by Gasteiger charge is 2.16. The van der Waals surface area contributed by atoms with Crippen LogP contribution in [0.25, 0.3) is 0 Å². The van der Waals surface area contributed by atoms with E-state index in [-0.39, 0.29) is 6.61 Å². The SMILES string of the molecule is Cc1cccc(COC(=O)C(N)c2ccccc2)c1. The minimum Gasteiger partial charge on any atom is -0.459 e. The molecular formula is C16H17NO2. The zero-order chi connectivity index (χ0) is 13.7. The van der Waals surface area contributed by atoms with E-state index in [1.807, 2.05) is 61.5 Å². The van der Waals surface area contributed by atoms with Crippen LogP contribution >= 0.6 is 0 Å². The Labute approximate surface area is 113 Å². The molecule has 1 atom stereocenters. The third-order valence-electron chi connectivity index (χ3n) is 2.88. The number of rotatable bonds is 4. The lowest BCUT2D eigenvalue weighted by molar-refractivity contribution is -0.146. The van der Waals surface area contributed by atoms with Crippen molar-refractivity contribution >= 4 is 5.97 Å². The number of aryl methyl sites for hydroxylation is 1. The highest BCUT2D eigenvalue weighted by Crippen LogP contribution is 2.13. The molecule has 1 unspecified atom stereocenters. The van der Waals surface area contributed by atoms with Crippen LogP contribution in [0, 0.1) is 6.92 Å². The van der Waals surface area contributed by atoms with E-state index in [4.69, 9.17) is 10.5 Å². The van der Waals surface area contributed by atoms with E-state index in [0.717, 1.165) is 16.7 Å². The van der Waals surface area contributed by atoms with E-state index < -0.39 is 12.0 Å². The molecule has 0 aliphatic heterocycles. The van der Waals surface area contributed by atoms with E-state index in [0.29, 0.717) is 0 Å². The van der Waals surface area contributed by atoms with E-state index in [9.17, 15) is 4.79 Å². The van der Waals surface area contributed by atoms with E-state index in [1.54, 1.807) is 0 Å². The van der Waals surface area contributed by atoms with Gasteiger partial charge in [0.2, 0.25) is 0 Å². The van der Waals surface area contributed by atoms with Crippen molar-refractivity contribution in [2.24, 2.45) is 5.73 Å². The van der Waals surface area contributed by atoms with Crippen LogP contribution in [0.5, 0.6) is 0 Å². The summed E-state index contributed by atoms with van der Waals surface area (Å²) in [5.74, 6) is -0.410. The topological polar surface area (TPSA) is 52.3 Å². The van der Waals surface area contributed by atoms with Gasteiger partial charge in [0.25, 0.3) is 0 Å². The Morgan fingerprint density at radius 2 is 1.89 bits per heavy atom. The summed E-state index contributed by atoms with van der Waals surface area (Å²) >= 11 is 0. The van der Waals surface area contributed by atoms with Crippen LogP contribution in [0.2, 0.25) is 0 Å². The van der Waals surface area contributed by atoms with E-state index in [2.05, 4.69) is 0 Å². The quantitative estimate of drug-likeness (QED) is 0.855. The number of benzene rings is 2. The van der Waals surface area contributed by atoms with Crippen molar-refractivity contribution in [3.8, 4) is 0 Å². The second-order valence-electron chi connectivity index (χ2n) is 4.49. The van der Waals surface area contributed by atoms with Gasteiger partial charge in [0.1, 0.15) is 12.6 Å². The van der Waals surface area contributed by atoms with Gasteiger partial charge in [-0.3, -0.25) is 0 Å². The van der Waals surface area contributed by atoms with Crippen LogP contribution in [0.3, 0.4) is 0 Å². The molecule has 0 aromatic heterocycles. The number of carbonyl (C=O) groups is 1. The van der Waals surface area contributed by atoms with Crippen LogP contribution < -0.4 is 5.73 Å². The molecule has 0 heterocycles. The standard InChI is InChI=1S/C16H17NO2/c1-12-6-5-7-13(10-12)11-19-16(18)15(17)14-8-3-2-4-9-14/h2-10,15H,11,17H2,1H3. The highest BCUT2D eigenvalue weighted by molar-refractivity contribution is 5.77. The van der Waals surface area contributed by atoms with Crippen LogP contribution in [0.1, 0.15) is 22.7 Å². The first-order valence-corrected chi connectivity index (χ1v) is 6.19. The summed E-state index contributed by atoms with van der Waals surface area (Å²) in [7, 11) is 0. The summed E-state index contributed by atoms with van der Waals surface area (Å²) in [6.07, 6.45) is 0. The molecule has 2 rings (SSSR count). The Hall–Kier alpha value is -2.13. The van der Waals surface area contributed by atoms with E-state index in [1.165, 1.54) is 0 Å². The van der Waals surface area contributed by atoms with Gasteiger partial charge in [-0.2, -0.15) is 0 Å². The number of hydrogen-bond acceptors (Lipinski definition) is 3. The van der Waals surface area contributed by atoms with Crippen molar-refractivity contribution in [2.45, 2.75) is 19.6 Å². The Morgan fingerprint density at radius 1 is 1.16 bits per heavy atom. The number of hydrogen-bond donors (Lipinski definition) is 1. The molecule has 0 amide bonds. The average Bonchev–Trinajstić information content (AvgIpc) is 2.45. The number of esters is 1. The lowest BCUT2D eigenvalue weighted by Gasteiger charge is -2.12. The second-order valence-corrected chi connectivity index (χ2v) is 4.49. The number of nitrogens with two attached hydrogens (primary N) is 1. The number of carbonyl (C=O) groups excluding carboxylic acids is 1. The fourth-order valence-electron chi connectivity index (χ4n) is 1.84. The summed E-state index contributed by atoms with van der Waals surface area (Å²) in [4.78, 5) is 11.9. The Balaban J connectivity index is 1.95. The van der Waals surface area contributed by atoms with Crippen molar-refractivity contribution < 1.29 is 9.53 Å². The summed E-state index contributed by atoms with van der Waals surface area (Å²) in [6, 6.07) is 16.3. The molecule has 98 valence electrons. The summed E-state index contributed by atoms with van der Waals surface area (Å²) in [5.41, 5.74) is 8.72. The molecule has 2 aromatic rings. The largest absolute Gasteiger partial charge is 0.459 e. The zero-order valence-electron chi connectivity index (χ0n) is 10.9. The molecular weight excluding hydrogens is 238 g/mol. The van der Waals surface area contributed by atoms with Gasteiger partial charge in [-0.25, -0.2) is 4.79 Å². The van der Waals surface area contributed by atoms with Crippen LogP contribution in [0.4, 0.5) is 0 Å². The third kappa shape index (κ3) is 3.66. The van der Waals surface area contributed by atoms with Gasteiger partial charge in [0, 0.05) is 0 Å². The van der Waals surface area contributed by atoms with E-state index >= 15 is 0 Å². The third-order valence-corrected chi connectivity index (χ3v) is 2.88. The fourth-order valence-corrected chi connectivity index (χ4v) is 1.84. The van der Waals surface area contributed by atoms with Crippen molar-refractivity contribution in [1.29, 1.82) is 0 Å². The lowest BCUT2D eigenvalue weighted by Crippen LogP contribution is -2.23.